The molecule has 2 rings (SSSR count). The summed E-state index contributed by atoms with van der Waals surface area (Å²) in [5.41, 5.74) is 0.506. The Morgan fingerprint density at radius 1 is 1.53 bits per heavy atom. The molecule has 1 aromatic carbocycles. The average Bonchev–Trinajstić information content (AvgIpc) is 2.53. The van der Waals surface area contributed by atoms with Crippen molar-refractivity contribution >= 4 is 23.8 Å². The van der Waals surface area contributed by atoms with Crippen LogP contribution in [0.5, 0.6) is 0 Å². The van der Waals surface area contributed by atoms with Gasteiger partial charge in [-0.1, -0.05) is 11.6 Å². The van der Waals surface area contributed by atoms with Crippen LogP contribution in [0.15, 0.2) is 18.2 Å². The molecule has 0 aliphatic heterocycles. The van der Waals surface area contributed by atoms with Crippen LogP contribution in [-0.2, 0) is 0 Å². The molecule has 0 fully saturated rings. The maximum atomic E-state index is 13.2. The summed E-state index contributed by atoms with van der Waals surface area (Å²) < 4.78 is 14.6. The van der Waals surface area contributed by atoms with E-state index in [-0.39, 0.29) is 9.79 Å². The van der Waals surface area contributed by atoms with Gasteiger partial charge in [0.25, 0.3) is 0 Å². The number of nitrogens with one attached hydrogen (secondary N) is 1. The molecule has 0 aliphatic carbocycles. The fourth-order valence-electron chi connectivity index (χ4n) is 1.14. The van der Waals surface area contributed by atoms with Gasteiger partial charge in [-0.2, -0.15) is 5.10 Å². The van der Waals surface area contributed by atoms with Gasteiger partial charge >= 0.3 is 0 Å². The molecule has 0 saturated carbocycles. The third kappa shape index (κ3) is 1.73. The quantitative estimate of drug-likeness (QED) is 0.597. The first kappa shape index (κ1) is 10.1. The number of aromatic amines is 1. The number of hydrogen-bond donors (Lipinski definition) is 2. The number of nitrogen functional groups attached to an aromatic ring is 1. The number of aromatic nitrogens is 3. The van der Waals surface area contributed by atoms with E-state index in [1.807, 2.05) is 0 Å². The Bertz CT molecular complexity index is 562. The average molecular weight is 245 g/mol. The Labute approximate surface area is 94.5 Å². The van der Waals surface area contributed by atoms with E-state index >= 15 is 0 Å². The second-order valence-electron chi connectivity index (χ2n) is 2.85. The van der Waals surface area contributed by atoms with E-state index in [4.69, 9.17) is 29.7 Å². The summed E-state index contributed by atoms with van der Waals surface area (Å²) in [4.78, 5) is 0. The molecule has 0 amide bonds. The smallest absolute Gasteiger partial charge is 0.214 e. The Morgan fingerprint density at radius 2 is 2.27 bits per heavy atom. The molecule has 4 nitrogen and oxygen atoms in total. The fourth-order valence-corrected chi connectivity index (χ4v) is 1.39. The van der Waals surface area contributed by atoms with Gasteiger partial charge in [0.05, 0.1) is 5.02 Å². The highest BCUT2D eigenvalue weighted by Crippen LogP contribution is 2.21. The zero-order valence-electron chi connectivity index (χ0n) is 7.37. The molecule has 0 unspecified atom stereocenters. The topological polar surface area (TPSA) is 59.6 Å². The molecule has 3 N–H and O–H groups in total. The van der Waals surface area contributed by atoms with Gasteiger partial charge in [-0.25, -0.2) is 14.2 Å². The summed E-state index contributed by atoms with van der Waals surface area (Å²) >= 11 is 10.4. The van der Waals surface area contributed by atoms with Crippen LogP contribution in [0.2, 0.25) is 5.02 Å². The highest BCUT2D eigenvalue weighted by molar-refractivity contribution is 7.71. The van der Waals surface area contributed by atoms with Crippen molar-refractivity contribution in [3.05, 3.63) is 33.8 Å². The van der Waals surface area contributed by atoms with Crippen molar-refractivity contribution in [1.82, 2.24) is 14.9 Å². The van der Waals surface area contributed by atoms with E-state index in [1.165, 1.54) is 12.1 Å². The molecule has 0 saturated heterocycles. The first-order chi connectivity index (χ1) is 7.09. The van der Waals surface area contributed by atoms with Crippen LogP contribution in [0.1, 0.15) is 0 Å². The number of rotatable bonds is 1. The third-order valence-corrected chi connectivity index (χ3v) is 2.48. The zero-order chi connectivity index (χ0) is 11.0. The van der Waals surface area contributed by atoms with Gasteiger partial charge in [-0.05, 0) is 30.4 Å². The SMILES string of the molecule is Nn1c(-c2ccc(Cl)c(F)c2)n[nH]c1=S. The predicted molar refractivity (Wildman–Crippen MR) is 58.0 cm³/mol. The molecule has 0 spiro atoms. The molecule has 0 aliphatic rings. The standard InChI is InChI=1S/C8H6ClFN4S/c9-5-2-1-4(3-6(5)10)7-12-13-8(15)14(7)11/h1-3H,11H2,(H,13,15). The summed E-state index contributed by atoms with van der Waals surface area (Å²) in [5.74, 6) is 5.42. The van der Waals surface area contributed by atoms with E-state index in [9.17, 15) is 4.39 Å². The van der Waals surface area contributed by atoms with Gasteiger partial charge in [0, 0.05) is 5.56 Å². The van der Waals surface area contributed by atoms with Crippen LogP contribution in [0, 0.1) is 10.6 Å². The van der Waals surface area contributed by atoms with E-state index in [1.54, 1.807) is 6.07 Å². The molecule has 2 aromatic rings. The minimum absolute atomic E-state index is 0.0523. The minimum Gasteiger partial charge on any atom is -0.335 e. The van der Waals surface area contributed by atoms with Crippen molar-refractivity contribution < 1.29 is 4.39 Å². The molecule has 7 heteroatoms. The molecule has 0 atom stereocenters. The number of nitrogens with zero attached hydrogens (tertiary/aromatic N) is 2. The summed E-state index contributed by atoms with van der Waals surface area (Å²) in [5, 5.41) is 6.42. The highest BCUT2D eigenvalue weighted by Gasteiger charge is 2.08. The first-order valence-corrected chi connectivity index (χ1v) is 4.76. The second kappa shape index (κ2) is 3.63. The molecule has 15 heavy (non-hydrogen) atoms. The zero-order valence-corrected chi connectivity index (χ0v) is 8.94. The molecular weight excluding hydrogens is 239 g/mol. The van der Waals surface area contributed by atoms with Crippen molar-refractivity contribution in [3.63, 3.8) is 0 Å². The summed E-state index contributed by atoms with van der Waals surface area (Å²) in [6.45, 7) is 0. The lowest BCUT2D eigenvalue weighted by atomic mass is 10.2. The van der Waals surface area contributed by atoms with Gasteiger partial charge in [-0.3, -0.25) is 0 Å². The molecule has 0 radical (unpaired) electrons. The van der Waals surface area contributed by atoms with Crippen molar-refractivity contribution in [2.45, 2.75) is 0 Å². The van der Waals surface area contributed by atoms with Gasteiger partial charge in [0.1, 0.15) is 5.82 Å². The summed E-state index contributed by atoms with van der Waals surface area (Å²) in [6.07, 6.45) is 0. The van der Waals surface area contributed by atoms with E-state index in [2.05, 4.69) is 10.2 Å². The van der Waals surface area contributed by atoms with Crippen LogP contribution >= 0.6 is 23.8 Å². The van der Waals surface area contributed by atoms with Gasteiger partial charge in [0.2, 0.25) is 4.77 Å². The molecule has 78 valence electrons. The fraction of sp³-hybridized carbons (Fsp3) is 0. The van der Waals surface area contributed by atoms with Gasteiger partial charge in [0.15, 0.2) is 5.82 Å². The molecule has 1 aromatic heterocycles. The number of halogens is 2. The number of nitrogens with two attached hydrogens (primary N) is 1. The maximum Gasteiger partial charge on any atom is 0.214 e. The van der Waals surface area contributed by atoms with Crippen LogP contribution in [0.4, 0.5) is 4.39 Å². The number of benzene rings is 1. The Balaban J connectivity index is 2.59. The van der Waals surface area contributed by atoms with Crippen LogP contribution in [-0.4, -0.2) is 14.9 Å². The largest absolute Gasteiger partial charge is 0.335 e. The Kier molecular flexibility index (Phi) is 2.45. The lowest BCUT2D eigenvalue weighted by molar-refractivity contribution is 0.628. The van der Waals surface area contributed by atoms with E-state index < -0.39 is 5.82 Å². The van der Waals surface area contributed by atoms with E-state index in [0.29, 0.717) is 11.4 Å². The first-order valence-electron chi connectivity index (χ1n) is 3.97. The van der Waals surface area contributed by atoms with Crippen molar-refractivity contribution in [2.24, 2.45) is 0 Å². The van der Waals surface area contributed by atoms with E-state index in [0.717, 1.165) is 4.68 Å². The van der Waals surface area contributed by atoms with Crippen LogP contribution in [0.3, 0.4) is 0 Å². The lowest BCUT2D eigenvalue weighted by Crippen LogP contribution is -2.09. The summed E-state index contributed by atoms with van der Waals surface area (Å²) in [7, 11) is 0. The monoisotopic (exact) mass is 244 g/mol. The van der Waals surface area contributed by atoms with Crippen molar-refractivity contribution in [2.75, 3.05) is 5.84 Å². The normalized spacial score (nSPS) is 10.5. The van der Waals surface area contributed by atoms with Crippen LogP contribution < -0.4 is 5.84 Å². The lowest BCUT2D eigenvalue weighted by Gasteiger charge is -2.01. The van der Waals surface area contributed by atoms with Gasteiger partial charge < -0.3 is 5.84 Å². The second-order valence-corrected chi connectivity index (χ2v) is 3.65. The van der Waals surface area contributed by atoms with Crippen LogP contribution in [0.25, 0.3) is 11.4 Å². The number of hydrogen-bond acceptors (Lipinski definition) is 3. The Morgan fingerprint density at radius 3 is 2.80 bits per heavy atom. The summed E-state index contributed by atoms with van der Waals surface area (Å²) in [6, 6.07) is 4.29. The third-order valence-electron chi connectivity index (χ3n) is 1.88. The number of H-pyrrole nitrogens is 1. The van der Waals surface area contributed by atoms with Crippen molar-refractivity contribution in [1.29, 1.82) is 0 Å². The van der Waals surface area contributed by atoms with Crippen molar-refractivity contribution in [3.8, 4) is 11.4 Å². The highest BCUT2D eigenvalue weighted by atomic mass is 35.5. The molecule has 1 heterocycles. The molecule has 0 bridgehead atoms. The predicted octanol–water partition coefficient (Wildman–Crippen LogP) is 2.11. The minimum atomic E-state index is -0.525. The Hall–Kier alpha value is -1.40. The molecular formula is C8H6ClFN4S. The van der Waals surface area contributed by atoms with Gasteiger partial charge in [-0.15, -0.1) is 0 Å². The maximum absolute atomic E-state index is 13.2.